The number of aryl methyl sites for hydroxylation is 3. The number of nitrogen functional groups attached to an aromatic ring is 1. The van der Waals surface area contributed by atoms with E-state index in [0.29, 0.717) is 92.8 Å². The molecule has 8 aromatic heterocycles. The lowest BCUT2D eigenvalue weighted by Gasteiger charge is -2.36. The predicted molar refractivity (Wildman–Crippen MR) is 385 cm³/mol. The highest BCUT2D eigenvalue weighted by Crippen LogP contribution is 2.36. The Morgan fingerprint density at radius 3 is 1.31 bits per heavy atom. The Labute approximate surface area is 574 Å². The number of phenols is 2. The van der Waals surface area contributed by atoms with E-state index in [1.165, 1.54) is 92.3 Å². The van der Waals surface area contributed by atoms with E-state index < -0.39 is 23.0 Å². The van der Waals surface area contributed by atoms with E-state index in [0.717, 1.165) is 37.3 Å². The third-order valence-electron chi connectivity index (χ3n) is 17.9. The van der Waals surface area contributed by atoms with E-state index in [-0.39, 0.29) is 61.2 Å². The van der Waals surface area contributed by atoms with Crippen molar-refractivity contribution < 1.29 is 28.1 Å². The predicted octanol–water partition coefficient (Wildman–Crippen LogP) is 13.3. The summed E-state index contributed by atoms with van der Waals surface area (Å²) in [7, 11) is 10.0. The van der Waals surface area contributed by atoms with Crippen LogP contribution in [0.15, 0.2) is 161 Å². The smallest absolute Gasteiger partial charge is 0.259 e. The Bertz CT molecular complexity index is 4810. The van der Waals surface area contributed by atoms with Crippen LogP contribution in [0.3, 0.4) is 0 Å². The van der Waals surface area contributed by atoms with Gasteiger partial charge in [-0.25, -0.2) is 38.1 Å². The van der Waals surface area contributed by atoms with Crippen LogP contribution in [-0.2, 0) is 19.6 Å². The molecule has 2 saturated heterocycles. The zero-order valence-corrected chi connectivity index (χ0v) is 57.2. The molecule has 3 aromatic carbocycles. The van der Waals surface area contributed by atoms with Crippen LogP contribution in [0.4, 0.5) is 42.0 Å². The molecule has 13 rings (SSSR count). The van der Waals surface area contributed by atoms with Crippen LogP contribution in [0.5, 0.6) is 17.2 Å². The summed E-state index contributed by atoms with van der Waals surface area (Å²) in [5, 5.41) is 26.0. The highest BCUT2D eigenvalue weighted by Gasteiger charge is 2.25. The quantitative estimate of drug-likeness (QED) is 0.0786. The number of likely N-dealkylation sites (tertiary alicyclic amines) is 2. The van der Waals surface area contributed by atoms with Crippen molar-refractivity contribution in [2.45, 2.75) is 78.2 Å². The van der Waals surface area contributed by atoms with Crippen molar-refractivity contribution in [3.05, 3.63) is 205 Å². The van der Waals surface area contributed by atoms with E-state index in [1.807, 2.05) is 50.5 Å². The molecule has 20 nitrogen and oxygen atoms in total. The molecule has 0 amide bonds. The zero-order valence-electron chi connectivity index (χ0n) is 55.7. The molecule has 0 aliphatic carbocycles. The molecule has 510 valence electrons. The van der Waals surface area contributed by atoms with Crippen molar-refractivity contribution in [3.8, 4) is 50.6 Å². The van der Waals surface area contributed by atoms with E-state index in [2.05, 4.69) is 78.0 Å². The second-order valence-corrected chi connectivity index (χ2v) is 24.7. The third kappa shape index (κ3) is 15.7. The molecule has 2 aliphatic heterocycles. The number of benzene rings is 3. The van der Waals surface area contributed by atoms with Gasteiger partial charge in [0.05, 0.1) is 80.8 Å². The van der Waals surface area contributed by atoms with Crippen LogP contribution in [0, 0.1) is 17.5 Å². The van der Waals surface area contributed by atoms with Gasteiger partial charge in [0.2, 0.25) is 0 Å². The van der Waals surface area contributed by atoms with Gasteiger partial charge in [0.15, 0.2) is 0 Å². The first-order valence-electron chi connectivity index (χ1n) is 32.1. The highest BCUT2D eigenvalue weighted by molar-refractivity contribution is 6.30. The maximum absolute atomic E-state index is 14.5. The monoisotopic (exact) mass is 1370 g/mol. The number of anilines is 5. The second-order valence-electron chi connectivity index (χ2n) is 23.9. The molecule has 0 bridgehead atoms. The largest absolute Gasteiger partial charge is 0.507 e. The molecule has 0 radical (unpaired) electrons. The molecular formula is C73H77Cl2F3N14O6. The van der Waals surface area contributed by atoms with Gasteiger partial charge < -0.3 is 59.3 Å². The fraction of sp³-hybridized carbons (Fsp3) is 0.288. The van der Waals surface area contributed by atoms with Gasteiger partial charge in [-0.1, -0.05) is 41.4 Å². The first-order chi connectivity index (χ1) is 47.1. The lowest BCUT2D eigenvalue weighted by molar-refractivity contribution is 0.253. The SMILES string of the molecule is CCn1c(=O)c(-c2c(F)cccc2OC)cc2cnc(Cl)cc21.CCn1c(=O)c(-c2c(O)cccc2F)cc2cnc(Cl)cc21.CCn1c(=O)c(-c2c(O)cccc2F)cc2cnc(Nc3ccc(N(C)C4CCN(C)CC4)cn3)cc21.CN1CCC(N(C)c2ccc(N)nc2)CC1. The van der Waals surface area contributed by atoms with Gasteiger partial charge in [0, 0.05) is 86.6 Å². The Balaban J connectivity index is 0.000000149. The number of phenolic OH excluding ortho intramolecular Hbond substituents is 2. The van der Waals surface area contributed by atoms with Gasteiger partial charge in [0.1, 0.15) is 62.5 Å². The van der Waals surface area contributed by atoms with Crippen LogP contribution < -0.4 is 42.3 Å². The summed E-state index contributed by atoms with van der Waals surface area (Å²) in [5.74, 6) is -0.285. The third-order valence-corrected chi connectivity index (χ3v) is 18.3. The van der Waals surface area contributed by atoms with Crippen LogP contribution in [0.2, 0.25) is 10.3 Å². The van der Waals surface area contributed by atoms with E-state index in [1.54, 1.807) is 70.9 Å². The van der Waals surface area contributed by atoms with Crippen molar-refractivity contribution >= 4 is 84.7 Å². The summed E-state index contributed by atoms with van der Waals surface area (Å²) in [4.78, 5) is 69.3. The van der Waals surface area contributed by atoms with Crippen molar-refractivity contribution in [3.63, 3.8) is 0 Å². The maximum atomic E-state index is 14.5. The number of aromatic nitrogens is 8. The molecule has 5 N–H and O–H groups in total. The first-order valence-corrected chi connectivity index (χ1v) is 32.8. The number of ether oxygens (including phenoxy) is 1. The standard InChI is InChI=1S/C28H31FN6O2.C17H14ClFN2O2.C16H12ClFN2O2.C12H20N4/c1-4-35-23-15-26(30-16-18(23)14-21(28(35)37)27-22(29)6-5-7-24(27)36)32-25-9-8-20(17-31-25)34(3)19-10-12-33(2)13-11-19;1-3-21-13-8-15(18)20-9-10(13)7-11(17(21)22)16-12(19)5-4-6-14(16)23-2;1-2-20-12-7-14(17)19-8-9(12)6-10(16(20)22)15-11(18)4-3-5-13(15)21;1-15-7-5-10(6-8-15)16(2)11-3-4-12(13)14-9-11/h5-9,14-17,19,36H,4,10-13H2,1-3H3,(H,30,31,32);4-9H,3H2,1-2H3;3-8,21H,2H2,1H3;3-4,9-10H,5-8H2,1-2H3,(H2,13,14). The van der Waals surface area contributed by atoms with Crippen molar-refractivity contribution in [1.82, 2.24) is 48.4 Å². The van der Waals surface area contributed by atoms with E-state index >= 15 is 0 Å². The number of aromatic hydroxyl groups is 2. The van der Waals surface area contributed by atoms with E-state index in [4.69, 9.17) is 33.7 Å². The van der Waals surface area contributed by atoms with Crippen LogP contribution in [0.1, 0.15) is 46.5 Å². The molecule has 10 heterocycles. The zero-order chi connectivity index (χ0) is 70.1. The summed E-state index contributed by atoms with van der Waals surface area (Å²) in [6.45, 7) is 11.2. The van der Waals surface area contributed by atoms with E-state index in [9.17, 15) is 37.8 Å². The summed E-state index contributed by atoms with van der Waals surface area (Å²) in [6.07, 6.45) is 13.1. The van der Waals surface area contributed by atoms with Gasteiger partial charge >= 0.3 is 0 Å². The topological polar surface area (TPSA) is 231 Å². The molecule has 25 heteroatoms. The molecule has 11 aromatic rings. The lowest BCUT2D eigenvalue weighted by Crippen LogP contribution is -2.42. The van der Waals surface area contributed by atoms with Crippen LogP contribution in [0.25, 0.3) is 66.1 Å². The Kier molecular flexibility index (Phi) is 22.7. The lowest BCUT2D eigenvalue weighted by atomic mass is 10.0. The number of pyridine rings is 8. The van der Waals surface area contributed by atoms with Crippen LogP contribution >= 0.6 is 23.2 Å². The number of hydrogen-bond acceptors (Lipinski definition) is 17. The Morgan fingerprint density at radius 1 is 0.520 bits per heavy atom. The molecule has 0 spiro atoms. The first kappa shape index (κ1) is 70.7. The molecule has 0 saturated carbocycles. The number of methoxy groups -OCH3 is 1. The molecular weight excluding hydrogens is 1300 g/mol. The van der Waals surface area contributed by atoms with Gasteiger partial charge in [0.25, 0.3) is 16.7 Å². The number of nitrogens with one attached hydrogen (secondary N) is 1. The minimum Gasteiger partial charge on any atom is -0.507 e. The molecule has 2 fully saturated rings. The number of fused-ring (bicyclic) bond motifs is 3. The summed E-state index contributed by atoms with van der Waals surface area (Å²) >= 11 is 11.8. The van der Waals surface area contributed by atoms with Gasteiger partial charge in [-0.3, -0.25) is 14.4 Å². The van der Waals surface area contributed by atoms with Gasteiger partial charge in [-0.05, 0) is 178 Å². The Hall–Kier alpha value is -10.1. The van der Waals surface area contributed by atoms with Gasteiger partial charge in [-0.15, -0.1) is 0 Å². The highest BCUT2D eigenvalue weighted by atomic mass is 35.5. The molecule has 2 aliphatic rings. The minimum absolute atomic E-state index is 0.0917. The average molecular weight is 1370 g/mol. The molecule has 98 heavy (non-hydrogen) atoms. The molecule has 0 atom stereocenters. The summed E-state index contributed by atoms with van der Waals surface area (Å²) in [5.41, 5.74) is 9.04. The number of halogens is 5. The van der Waals surface area contributed by atoms with Crippen molar-refractivity contribution in [2.24, 2.45) is 0 Å². The average Bonchev–Trinajstić information content (AvgIpc) is 0.777. The fourth-order valence-electron chi connectivity index (χ4n) is 12.4. The number of piperidine rings is 2. The summed E-state index contributed by atoms with van der Waals surface area (Å²) in [6, 6.07) is 31.1. The normalized spacial score (nSPS) is 13.6. The minimum atomic E-state index is -0.652. The second kappa shape index (κ2) is 31.4. The number of hydrogen-bond donors (Lipinski definition) is 4. The number of nitrogens with two attached hydrogens (primary N) is 1. The maximum Gasteiger partial charge on any atom is 0.259 e. The number of nitrogens with zero attached hydrogens (tertiary/aromatic N) is 12. The fourth-order valence-corrected chi connectivity index (χ4v) is 12.7. The number of rotatable bonds is 13. The molecule has 0 unspecified atom stereocenters. The van der Waals surface area contributed by atoms with Gasteiger partial charge in [-0.2, -0.15) is 0 Å². The van der Waals surface area contributed by atoms with Crippen molar-refractivity contribution in [2.75, 3.05) is 82.3 Å². The van der Waals surface area contributed by atoms with Crippen LogP contribution in [-0.4, -0.2) is 132 Å². The Morgan fingerprint density at radius 2 is 0.908 bits per heavy atom. The van der Waals surface area contributed by atoms with Crippen molar-refractivity contribution in [1.29, 1.82) is 0 Å². The summed E-state index contributed by atoms with van der Waals surface area (Å²) < 4.78 is 52.7.